The van der Waals surface area contributed by atoms with Crippen molar-refractivity contribution in [1.29, 1.82) is 0 Å². The predicted molar refractivity (Wildman–Crippen MR) is 87.0 cm³/mol. The van der Waals surface area contributed by atoms with Gasteiger partial charge in [-0.15, -0.1) is 0 Å². The Kier molecular flexibility index (Phi) is 5.53. The highest BCUT2D eigenvalue weighted by molar-refractivity contribution is 7.80. The molecular weight excluding hydrogens is 320 g/mol. The maximum atomic E-state index is 11.6. The van der Waals surface area contributed by atoms with Crippen molar-refractivity contribution >= 4 is 35.3 Å². The molecule has 0 spiro atoms. The second-order valence-electron chi connectivity index (χ2n) is 4.47. The van der Waals surface area contributed by atoms with Crippen LogP contribution in [0.25, 0.3) is 6.08 Å². The van der Waals surface area contributed by atoms with E-state index in [4.69, 9.17) is 26.4 Å². The Hall–Kier alpha value is -2.61. The first-order valence-electron chi connectivity index (χ1n) is 6.84. The molecule has 1 aromatic carbocycles. The highest BCUT2D eigenvalue weighted by Gasteiger charge is 2.20. The monoisotopic (exact) mass is 336 g/mol. The van der Waals surface area contributed by atoms with E-state index in [1.807, 2.05) is 0 Å². The van der Waals surface area contributed by atoms with E-state index in [1.54, 1.807) is 31.2 Å². The molecule has 0 unspecified atom stereocenters. The maximum absolute atomic E-state index is 11.6. The first-order valence-corrected chi connectivity index (χ1v) is 7.24. The molecule has 7 nitrogen and oxygen atoms in total. The molecule has 122 valence electrons. The molecule has 1 aliphatic rings. The summed E-state index contributed by atoms with van der Waals surface area (Å²) in [6.45, 7) is 1.81. The zero-order chi connectivity index (χ0) is 16.8. The number of hydrogen-bond acceptors (Lipinski definition) is 6. The lowest BCUT2D eigenvalue weighted by Gasteiger charge is -2.11. The number of ether oxygens (including phenoxy) is 3. The van der Waals surface area contributed by atoms with Crippen molar-refractivity contribution in [2.75, 3.05) is 20.3 Å². The van der Waals surface area contributed by atoms with Gasteiger partial charge in [0.2, 0.25) is 0 Å². The summed E-state index contributed by atoms with van der Waals surface area (Å²) in [5, 5.41) is 5.50. The fourth-order valence-corrected chi connectivity index (χ4v) is 2.08. The third-order valence-electron chi connectivity index (χ3n) is 2.87. The number of methoxy groups -OCH3 is 1. The van der Waals surface area contributed by atoms with Gasteiger partial charge in [0.15, 0.2) is 23.2 Å². The van der Waals surface area contributed by atoms with Gasteiger partial charge in [-0.05, 0) is 42.9 Å². The van der Waals surface area contributed by atoms with Crippen molar-refractivity contribution in [3.8, 4) is 11.5 Å². The highest BCUT2D eigenvalue weighted by atomic mass is 32.1. The Morgan fingerprint density at radius 2 is 2.09 bits per heavy atom. The minimum absolute atomic E-state index is 0.205. The molecule has 0 saturated carbocycles. The number of nitrogens with one attached hydrogen (secondary N) is 2. The molecule has 1 aromatic rings. The average Bonchev–Trinajstić information content (AvgIpc) is 2.83. The number of thiocarbonyl (C=S) groups is 1. The van der Waals surface area contributed by atoms with Crippen LogP contribution < -0.4 is 20.1 Å². The molecule has 0 radical (unpaired) electrons. The van der Waals surface area contributed by atoms with E-state index in [1.165, 1.54) is 7.11 Å². The molecule has 1 heterocycles. The zero-order valence-corrected chi connectivity index (χ0v) is 13.5. The first-order chi connectivity index (χ1) is 11.0. The maximum Gasteiger partial charge on any atom is 0.344 e. The van der Waals surface area contributed by atoms with E-state index in [9.17, 15) is 9.59 Å². The van der Waals surface area contributed by atoms with Gasteiger partial charge in [0.05, 0.1) is 13.7 Å². The molecule has 0 aromatic heterocycles. The lowest BCUT2D eigenvalue weighted by Crippen LogP contribution is -2.21. The Morgan fingerprint density at radius 3 is 2.70 bits per heavy atom. The van der Waals surface area contributed by atoms with Crippen molar-refractivity contribution in [2.45, 2.75) is 6.92 Å². The summed E-state index contributed by atoms with van der Waals surface area (Å²) >= 11 is 4.87. The van der Waals surface area contributed by atoms with Crippen molar-refractivity contribution in [2.24, 2.45) is 0 Å². The normalized spacial score (nSPS) is 15.1. The molecule has 2 N–H and O–H groups in total. The van der Waals surface area contributed by atoms with E-state index in [0.717, 1.165) is 0 Å². The van der Waals surface area contributed by atoms with Gasteiger partial charge in [0, 0.05) is 0 Å². The largest absolute Gasteiger partial charge is 0.493 e. The summed E-state index contributed by atoms with van der Waals surface area (Å²) in [5.74, 6) is 0.0874. The van der Waals surface area contributed by atoms with Gasteiger partial charge < -0.3 is 19.5 Å². The number of esters is 1. The number of carbonyl (C=O) groups is 2. The fraction of sp³-hybridized carbons (Fsp3) is 0.267. The van der Waals surface area contributed by atoms with Crippen LogP contribution in [0.15, 0.2) is 23.9 Å². The second-order valence-corrected chi connectivity index (χ2v) is 4.88. The quantitative estimate of drug-likeness (QED) is 0.455. The molecule has 1 saturated heterocycles. The number of carbonyl (C=O) groups excluding carboxylic acids is 2. The van der Waals surface area contributed by atoms with E-state index >= 15 is 0 Å². The number of benzene rings is 1. The van der Waals surface area contributed by atoms with Crippen molar-refractivity contribution in [3.05, 3.63) is 29.5 Å². The lowest BCUT2D eigenvalue weighted by molar-refractivity contribution is -0.145. The molecule has 0 atom stereocenters. The number of amides is 1. The molecule has 1 fully saturated rings. The number of rotatable bonds is 6. The van der Waals surface area contributed by atoms with Crippen LogP contribution in [0.5, 0.6) is 11.5 Å². The minimum atomic E-state index is -0.457. The van der Waals surface area contributed by atoms with Crippen LogP contribution in [0.3, 0.4) is 0 Å². The lowest BCUT2D eigenvalue weighted by atomic mass is 10.1. The topological polar surface area (TPSA) is 85.9 Å². The third kappa shape index (κ3) is 4.43. The molecule has 23 heavy (non-hydrogen) atoms. The van der Waals surface area contributed by atoms with Crippen LogP contribution in [-0.4, -0.2) is 37.3 Å². The molecule has 1 aliphatic heterocycles. The van der Waals surface area contributed by atoms with Crippen LogP contribution in [0.1, 0.15) is 12.5 Å². The Bertz CT molecular complexity index is 672. The van der Waals surface area contributed by atoms with Crippen LogP contribution in [-0.2, 0) is 14.3 Å². The van der Waals surface area contributed by atoms with E-state index in [2.05, 4.69) is 10.6 Å². The smallest absolute Gasteiger partial charge is 0.344 e. The highest BCUT2D eigenvalue weighted by Crippen LogP contribution is 2.29. The van der Waals surface area contributed by atoms with Gasteiger partial charge in [-0.1, -0.05) is 6.07 Å². The summed E-state index contributed by atoms with van der Waals surface area (Å²) in [4.78, 5) is 22.9. The van der Waals surface area contributed by atoms with Crippen molar-refractivity contribution in [1.82, 2.24) is 10.6 Å². The molecule has 1 amide bonds. The fourth-order valence-electron chi connectivity index (χ4n) is 1.88. The average molecular weight is 336 g/mol. The molecule has 8 heteroatoms. The van der Waals surface area contributed by atoms with Gasteiger partial charge in [-0.3, -0.25) is 10.1 Å². The van der Waals surface area contributed by atoms with Crippen LogP contribution >= 0.6 is 12.2 Å². The standard InChI is InChI=1S/C15H16N2O5S/c1-3-21-13(18)8-22-11-5-4-9(7-12(11)20-2)6-10-14(19)17-15(23)16-10/h4-7H,3,8H2,1-2H3,(H2,16,17,19,23). The van der Waals surface area contributed by atoms with Gasteiger partial charge in [0.1, 0.15) is 5.70 Å². The molecule has 0 aliphatic carbocycles. The Balaban J connectivity index is 2.13. The summed E-state index contributed by atoms with van der Waals surface area (Å²) < 4.78 is 15.4. The third-order valence-corrected chi connectivity index (χ3v) is 3.07. The van der Waals surface area contributed by atoms with Crippen LogP contribution in [0.2, 0.25) is 0 Å². The van der Waals surface area contributed by atoms with Crippen LogP contribution in [0, 0.1) is 0 Å². The number of hydrogen-bond donors (Lipinski definition) is 2. The summed E-state index contributed by atoms with van der Waals surface area (Å²) in [7, 11) is 1.49. The Morgan fingerprint density at radius 1 is 1.30 bits per heavy atom. The SMILES string of the molecule is CCOC(=O)COc1ccc(C=C2NC(=S)NC2=O)cc1OC. The van der Waals surface area contributed by atoms with Crippen molar-refractivity contribution in [3.63, 3.8) is 0 Å². The van der Waals surface area contributed by atoms with Gasteiger partial charge >= 0.3 is 5.97 Å². The van der Waals surface area contributed by atoms with Gasteiger partial charge in [-0.2, -0.15) is 0 Å². The Labute approximate surface area is 138 Å². The molecule has 0 bridgehead atoms. The van der Waals surface area contributed by atoms with Gasteiger partial charge in [-0.25, -0.2) is 4.79 Å². The zero-order valence-electron chi connectivity index (χ0n) is 12.7. The van der Waals surface area contributed by atoms with Gasteiger partial charge in [0.25, 0.3) is 5.91 Å². The summed E-state index contributed by atoms with van der Waals surface area (Å²) in [6, 6.07) is 5.06. The summed E-state index contributed by atoms with van der Waals surface area (Å²) in [6.07, 6.45) is 1.63. The van der Waals surface area contributed by atoms with E-state index < -0.39 is 5.97 Å². The minimum Gasteiger partial charge on any atom is -0.493 e. The van der Waals surface area contributed by atoms with Crippen molar-refractivity contribution < 1.29 is 23.8 Å². The van der Waals surface area contributed by atoms with Crippen LogP contribution in [0.4, 0.5) is 0 Å². The summed E-state index contributed by atoms with van der Waals surface area (Å²) in [5.41, 5.74) is 1.06. The predicted octanol–water partition coefficient (Wildman–Crippen LogP) is 0.982. The van der Waals surface area contributed by atoms with E-state index in [-0.39, 0.29) is 17.6 Å². The second kappa shape index (κ2) is 7.59. The van der Waals surface area contributed by atoms with E-state index in [0.29, 0.717) is 29.4 Å². The first kappa shape index (κ1) is 16.8. The molecule has 2 rings (SSSR count). The molecular formula is C15H16N2O5S.